The van der Waals surface area contributed by atoms with E-state index in [1.807, 2.05) is 0 Å². The quantitative estimate of drug-likeness (QED) is 0.799. The number of fused-ring (bicyclic) bond motifs is 1. The summed E-state index contributed by atoms with van der Waals surface area (Å²) in [5, 5.41) is 0.256. The van der Waals surface area contributed by atoms with Crippen molar-refractivity contribution in [1.29, 1.82) is 0 Å². The molecule has 0 fully saturated rings. The van der Waals surface area contributed by atoms with Gasteiger partial charge >= 0.3 is 0 Å². The van der Waals surface area contributed by atoms with E-state index in [0.717, 1.165) is 0 Å². The summed E-state index contributed by atoms with van der Waals surface area (Å²) in [5.41, 5.74) is 0.536. The lowest BCUT2D eigenvalue weighted by Gasteiger charge is -2.30. The number of aromatic nitrogens is 1. The van der Waals surface area contributed by atoms with Crippen LogP contribution in [0, 0.1) is 0 Å². The lowest BCUT2D eigenvalue weighted by Crippen LogP contribution is -2.37. The van der Waals surface area contributed by atoms with Gasteiger partial charge in [0.15, 0.2) is 0 Å². The first-order valence-electron chi connectivity index (χ1n) is 5.95. The summed E-state index contributed by atoms with van der Waals surface area (Å²) >= 11 is 5.69. The van der Waals surface area contributed by atoms with E-state index < -0.39 is 10.0 Å². The number of sulfonamides is 1. The van der Waals surface area contributed by atoms with Crippen molar-refractivity contribution in [2.75, 3.05) is 17.5 Å². The summed E-state index contributed by atoms with van der Waals surface area (Å²) < 4.78 is 32.1. The van der Waals surface area contributed by atoms with E-state index in [0.29, 0.717) is 18.0 Å². The molecular formula is C13H11ClN2O3S. The predicted molar refractivity (Wildman–Crippen MR) is 75.7 cm³/mol. The van der Waals surface area contributed by atoms with Crippen LogP contribution in [0.5, 0.6) is 5.75 Å². The zero-order valence-electron chi connectivity index (χ0n) is 10.4. The van der Waals surface area contributed by atoms with Gasteiger partial charge in [-0.2, -0.15) is 0 Å². The van der Waals surface area contributed by atoms with E-state index in [1.165, 1.54) is 22.6 Å². The second kappa shape index (κ2) is 4.96. The molecule has 0 saturated carbocycles. The van der Waals surface area contributed by atoms with Crippen LogP contribution in [0.15, 0.2) is 47.5 Å². The highest BCUT2D eigenvalue weighted by Crippen LogP contribution is 2.34. The van der Waals surface area contributed by atoms with Gasteiger partial charge in [0.1, 0.15) is 22.4 Å². The maximum Gasteiger partial charge on any atom is 0.266 e. The van der Waals surface area contributed by atoms with E-state index in [9.17, 15) is 8.42 Å². The minimum atomic E-state index is -3.66. The highest BCUT2D eigenvalue weighted by molar-refractivity contribution is 7.92. The van der Waals surface area contributed by atoms with Gasteiger partial charge < -0.3 is 4.74 Å². The third kappa shape index (κ3) is 2.21. The Labute approximate surface area is 121 Å². The Morgan fingerprint density at radius 2 is 2.00 bits per heavy atom. The first-order chi connectivity index (χ1) is 9.59. The van der Waals surface area contributed by atoms with Crippen LogP contribution in [0.4, 0.5) is 5.69 Å². The number of benzene rings is 1. The lowest BCUT2D eigenvalue weighted by molar-refractivity contribution is 0.316. The molecule has 0 radical (unpaired) electrons. The van der Waals surface area contributed by atoms with Crippen LogP contribution in [0.1, 0.15) is 0 Å². The molecule has 1 aromatic carbocycles. The molecule has 1 aromatic heterocycles. The van der Waals surface area contributed by atoms with Crippen molar-refractivity contribution in [3.8, 4) is 5.75 Å². The highest BCUT2D eigenvalue weighted by Gasteiger charge is 2.29. The van der Waals surface area contributed by atoms with Crippen molar-refractivity contribution in [1.82, 2.24) is 4.98 Å². The third-order valence-electron chi connectivity index (χ3n) is 2.97. The standard InChI is InChI=1S/C13H11ClN2O3S/c14-13-6-5-10(9-15-13)20(17,18)16-7-8-19-12-4-2-1-3-11(12)16/h1-6,9H,7-8H2. The number of para-hydroxylation sites is 2. The fourth-order valence-corrected chi connectivity index (χ4v) is 3.55. The van der Waals surface area contributed by atoms with Crippen molar-refractivity contribution in [2.45, 2.75) is 4.90 Å². The molecule has 1 aliphatic rings. The van der Waals surface area contributed by atoms with Crippen molar-refractivity contribution in [3.63, 3.8) is 0 Å². The number of nitrogens with zero attached hydrogens (tertiary/aromatic N) is 2. The molecule has 2 heterocycles. The van der Waals surface area contributed by atoms with E-state index in [4.69, 9.17) is 16.3 Å². The minimum absolute atomic E-state index is 0.110. The molecule has 0 amide bonds. The smallest absolute Gasteiger partial charge is 0.266 e. The molecule has 3 rings (SSSR count). The summed E-state index contributed by atoms with van der Waals surface area (Å²) in [5.74, 6) is 0.559. The number of anilines is 1. The Morgan fingerprint density at radius 3 is 2.75 bits per heavy atom. The van der Waals surface area contributed by atoms with E-state index in [-0.39, 0.29) is 16.6 Å². The zero-order chi connectivity index (χ0) is 14.2. The second-order valence-electron chi connectivity index (χ2n) is 4.21. The Bertz CT molecular complexity index is 732. The fraction of sp³-hybridized carbons (Fsp3) is 0.154. The number of hydrogen-bond acceptors (Lipinski definition) is 4. The van der Waals surface area contributed by atoms with Gasteiger partial charge in [-0.1, -0.05) is 23.7 Å². The van der Waals surface area contributed by atoms with Crippen molar-refractivity contribution >= 4 is 27.3 Å². The molecule has 1 aliphatic heterocycles. The normalized spacial score (nSPS) is 14.6. The van der Waals surface area contributed by atoms with E-state index in [1.54, 1.807) is 24.3 Å². The van der Waals surface area contributed by atoms with Crippen LogP contribution in [0.3, 0.4) is 0 Å². The molecule has 0 atom stereocenters. The van der Waals surface area contributed by atoms with Gasteiger partial charge in [-0.15, -0.1) is 0 Å². The van der Waals surface area contributed by atoms with Gasteiger partial charge in [0.2, 0.25) is 0 Å². The number of halogens is 1. The zero-order valence-corrected chi connectivity index (χ0v) is 11.9. The number of rotatable bonds is 2. The molecule has 104 valence electrons. The van der Waals surface area contributed by atoms with Gasteiger partial charge in [0.25, 0.3) is 10.0 Å². The average Bonchev–Trinajstić information content (AvgIpc) is 2.47. The Hall–Kier alpha value is -1.79. The number of pyridine rings is 1. The Balaban J connectivity index is 2.07. The monoisotopic (exact) mass is 310 g/mol. The van der Waals surface area contributed by atoms with Gasteiger partial charge in [-0.05, 0) is 24.3 Å². The molecular weight excluding hydrogens is 300 g/mol. The molecule has 5 nitrogen and oxygen atoms in total. The van der Waals surface area contributed by atoms with Gasteiger partial charge in [0, 0.05) is 6.20 Å². The molecule has 7 heteroatoms. The fourth-order valence-electron chi connectivity index (χ4n) is 2.04. The first-order valence-corrected chi connectivity index (χ1v) is 7.77. The molecule has 2 aromatic rings. The van der Waals surface area contributed by atoms with Crippen LogP contribution in [0.25, 0.3) is 0 Å². The first kappa shape index (κ1) is 13.2. The summed E-state index contributed by atoms with van der Waals surface area (Å²) in [6, 6.07) is 9.95. The molecule has 0 unspecified atom stereocenters. The molecule has 20 heavy (non-hydrogen) atoms. The number of ether oxygens (including phenoxy) is 1. The Kier molecular flexibility index (Phi) is 3.27. The Morgan fingerprint density at radius 1 is 1.20 bits per heavy atom. The van der Waals surface area contributed by atoms with Crippen LogP contribution in [-0.2, 0) is 10.0 Å². The van der Waals surface area contributed by atoms with Crippen LogP contribution in [-0.4, -0.2) is 26.6 Å². The SMILES string of the molecule is O=S(=O)(c1ccc(Cl)nc1)N1CCOc2ccccc21. The van der Waals surface area contributed by atoms with E-state index >= 15 is 0 Å². The van der Waals surface area contributed by atoms with Crippen LogP contribution >= 0.6 is 11.6 Å². The highest BCUT2D eigenvalue weighted by atomic mass is 35.5. The van der Waals surface area contributed by atoms with E-state index in [2.05, 4.69) is 4.98 Å². The molecule has 0 bridgehead atoms. The maximum atomic E-state index is 12.6. The van der Waals surface area contributed by atoms with Crippen LogP contribution in [0.2, 0.25) is 5.15 Å². The van der Waals surface area contributed by atoms with Crippen molar-refractivity contribution in [3.05, 3.63) is 47.7 Å². The minimum Gasteiger partial charge on any atom is -0.489 e. The molecule has 0 saturated heterocycles. The molecule has 0 spiro atoms. The summed E-state index contributed by atoms with van der Waals surface area (Å²) in [6.45, 7) is 0.583. The molecule has 0 N–H and O–H groups in total. The number of hydrogen-bond donors (Lipinski definition) is 0. The average molecular weight is 311 g/mol. The van der Waals surface area contributed by atoms with Gasteiger partial charge in [-0.25, -0.2) is 13.4 Å². The van der Waals surface area contributed by atoms with Crippen molar-refractivity contribution in [2.24, 2.45) is 0 Å². The van der Waals surface area contributed by atoms with Gasteiger partial charge in [-0.3, -0.25) is 4.31 Å². The molecule has 0 aliphatic carbocycles. The second-order valence-corrected chi connectivity index (χ2v) is 6.46. The predicted octanol–water partition coefficient (Wildman–Crippen LogP) is 2.32. The third-order valence-corrected chi connectivity index (χ3v) is 4.99. The lowest BCUT2D eigenvalue weighted by atomic mass is 10.2. The largest absolute Gasteiger partial charge is 0.489 e. The van der Waals surface area contributed by atoms with Crippen molar-refractivity contribution < 1.29 is 13.2 Å². The summed E-state index contributed by atoms with van der Waals surface area (Å²) in [7, 11) is -3.66. The summed E-state index contributed by atoms with van der Waals surface area (Å²) in [6.07, 6.45) is 1.26. The van der Waals surface area contributed by atoms with Crippen LogP contribution < -0.4 is 9.04 Å². The topological polar surface area (TPSA) is 59.5 Å². The maximum absolute atomic E-state index is 12.6. The summed E-state index contributed by atoms with van der Waals surface area (Å²) in [4.78, 5) is 3.93. The van der Waals surface area contributed by atoms with Gasteiger partial charge in [0.05, 0.1) is 12.2 Å².